The van der Waals surface area contributed by atoms with Gasteiger partial charge in [-0.3, -0.25) is 0 Å². The molecule has 3 aromatic rings. The largest absolute Gasteiger partial charge is 0.493 e. The molecule has 176 valence electrons. The van der Waals surface area contributed by atoms with E-state index in [4.69, 9.17) is 34.0 Å². The lowest BCUT2D eigenvalue weighted by Crippen LogP contribution is -2.09. The second-order valence-corrected chi connectivity index (χ2v) is 6.49. The molecule has 2 aromatic carbocycles. The summed E-state index contributed by atoms with van der Waals surface area (Å²) >= 11 is 0. The van der Waals surface area contributed by atoms with Crippen molar-refractivity contribution in [1.82, 2.24) is 9.55 Å². The zero-order valence-electron chi connectivity index (χ0n) is 18.5. The van der Waals surface area contributed by atoms with Gasteiger partial charge in [-0.2, -0.15) is 0 Å². The first-order valence-corrected chi connectivity index (χ1v) is 9.49. The number of methoxy groups -OCH3 is 3. The van der Waals surface area contributed by atoms with Crippen LogP contribution in [0.5, 0.6) is 17.2 Å². The van der Waals surface area contributed by atoms with Crippen molar-refractivity contribution in [2.45, 2.75) is 6.54 Å². The Hall–Kier alpha value is -4.28. The first-order chi connectivity index (χ1) is 15.7. The number of anilines is 1. The molecule has 11 heteroatoms. The zero-order chi connectivity index (χ0) is 24.5. The number of hydrogen-bond acceptors (Lipinski definition) is 7. The second-order valence-electron chi connectivity index (χ2n) is 6.49. The van der Waals surface area contributed by atoms with Crippen molar-refractivity contribution >= 4 is 17.9 Å². The highest BCUT2D eigenvalue weighted by Gasteiger charge is 2.16. The van der Waals surface area contributed by atoms with E-state index in [1.807, 2.05) is 23.7 Å². The van der Waals surface area contributed by atoms with Gasteiger partial charge in [-0.15, -0.1) is 0 Å². The van der Waals surface area contributed by atoms with Gasteiger partial charge in [-0.1, -0.05) is 0 Å². The van der Waals surface area contributed by atoms with Gasteiger partial charge in [-0.25, -0.2) is 19.0 Å². The molecule has 33 heavy (non-hydrogen) atoms. The summed E-state index contributed by atoms with van der Waals surface area (Å²) in [6.07, 6.45) is 1.75. The summed E-state index contributed by atoms with van der Waals surface area (Å²) in [4.78, 5) is 22.6. The molecule has 0 spiro atoms. The Kier molecular flexibility index (Phi) is 8.61. The van der Waals surface area contributed by atoms with Crippen molar-refractivity contribution in [3.63, 3.8) is 0 Å². The van der Waals surface area contributed by atoms with Crippen molar-refractivity contribution in [2.75, 3.05) is 26.6 Å². The van der Waals surface area contributed by atoms with Crippen LogP contribution in [0.3, 0.4) is 0 Å². The van der Waals surface area contributed by atoms with Crippen molar-refractivity contribution < 1.29 is 38.4 Å². The normalized spacial score (nSPS) is 9.97. The lowest BCUT2D eigenvalue weighted by atomic mass is 10.1. The molecule has 0 bridgehead atoms. The lowest BCUT2D eigenvalue weighted by Gasteiger charge is -2.16. The van der Waals surface area contributed by atoms with E-state index >= 15 is 0 Å². The Morgan fingerprint density at radius 2 is 1.58 bits per heavy atom. The van der Waals surface area contributed by atoms with Gasteiger partial charge in [0.15, 0.2) is 11.5 Å². The van der Waals surface area contributed by atoms with Crippen molar-refractivity contribution in [3.05, 3.63) is 54.0 Å². The van der Waals surface area contributed by atoms with Gasteiger partial charge in [0.1, 0.15) is 5.82 Å². The second kappa shape index (κ2) is 11.4. The van der Waals surface area contributed by atoms with Gasteiger partial charge < -0.3 is 34.3 Å². The summed E-state index contributed by atoms with van der Waals surface area (Å²) in [6, 6.07) is 10.1. The zero-order valence-corrected chi connectivity index (χ0v) is 18.5. The van der Waals surface area contributed by atoms with Crippen molar-refractivity contribution in [3.8, 4) is 28.5 Å². The highest BCUT2D eigenvalue weighted by Crippen LogP contribution is 2.40. The number of carbonyl (C=O) groups is 2. The Morgan fingerprint density at radius 3 is 2.09 bits per heavy atom. The van der Waals surface area contributed by atoms with E-state index in [-0.39, 0.29) is 5.82 Å². The molecular formula is C22H24FN3O7. The number of benzene rings is 2. The topological polar surface area (TPSA) is 132 Å². The molecule has 0 saturated heterocycles. The molecule has 0 fully saturated rings. The smallest absolute Gasteiger partial charge is 0.414 e. The summed E-state index contributed by atoms with van der Waals surface area (Å²) in [5, 5.41) is 18.1. The fourth-order valence-electron chi connectivity index (χ4n) is 2.94. The van der Waals surface area contributed by atoms with Crippen LogP contribution in [0.25, 0.3) is 11.3 Å². The minimum absolute atomic E-state index is 0.264. The predicted molar refractivity (Wildman–Crippen MR) is 117 cm³/mol. The average molecular weight is 461 g/mol. The summed E-state index contributed by atoms with van der Waals surface area (Å²) in [7, 11) is 6.65. The third kappa shape index (κ3) is 6.12. The van der Waals surface area contributed by atoms with E-state index in [0.717, 1.165) is 16.8 Å². The number of halogens is 1. The van der Waals surface area contributed by atoms with Crippen LogP contribution in [0.1, 0.15) is 5.56 Å². The summed E-state index contributed by atoms with van der Waals surface area (Å²) in [5.41, 5.74) is 2.68. The molecule has 3 N–H and O–H groups in total. The van der Waals surface area contributed by atoms with E-state index in [2.05, 4.69) is 10.3 Å². The van der Waals surface area contributed by atoms with Gasteiger partial charge >= 0.3 is 11.9 Å². The Morgan fingerprint density at radius 1 is 0.970 bits per heavy atom. The maximum Gasteiger partial charge on any atom is 0.414 e. The first-order valence-electron chi connectivity index (χ1n) is 9.49. The van der Waals surface area contributed by atoms with Gasteiger partial charge in [0.05, 0.1) is 33.2 Å². The molecule has 10 nitrogen and oxygen atoms in total. The predicted octanol–water partition coefficient (Wildman–Crippen LogP) is 3.02. The van der Waals surface area contributed by atoms with Crippen molar-refractivity contribution in [2.24, 2.45) is 7.05 Å². The van der Waals surface area contributed by atoms with Crippen LogP contribution in [0, 0.1) is 5.82 Å². The molecule has 1 aromatic heterocycles. The molecule has 3 rings (SSSR count). The number of aliphatic carboxylic acids is 2. The molecule has 0 aliphatic carbocycles. The Balaban J connectivity index is 0.000000569. The minimum atomic E-state index is -1.82. The van der Waals surface area contributed by atoms with Crippen LogP contribution < -0.4 is 19.5 Å². The summed E-state index contributed by atoms with van der Waals surface area (Å²) in [5.74, 6) is -1.46. The van der Waals surface area contributed by atoms with Gasteiger partial charge in [0.2, 0.25) is 11.7 Å². The molecular weight excluding hydrogens is 437 g/mol. The Bertz CT molecular complexity index is 1100. The number of carboxylic acids is 2. The lowest BCUT2D eigenvalue weighted by molar-refractivity contribution is -0.159. The Labute approximate surface area is 189 Å². The maximum atomic E-state index is 13.1. The quantitative estimate of drug-likeness (QED) is 0.454. The molecule has 0 aliphatic heterocycles. The number of rotatable bonds is 7. The van der Waals surface area contributed by atoms with E-state index in [1.54, 1.807) is 39.7 Å². The van der Waals surface area contributed by atoms with Gasteiger partial charge in [0, 0.05) is 24.7 Å². The highest BCUT2D eigenvalue weighted by molar-refractivity contribution is 6.27. The van der Waals surface area contributed by atoms with E-state index in [9.17, 15) is 4.39 Å². The van der Waals surface area contributed by atoms with E-state index < -0.39 is 11.9 Å². The average Bonchev–Trinajstić information content (AvgIpc) is 3.17. The van der Waals surface area contributed by atoms with Gasteiger partial charge in [0.25, 0.3) is 0 Å². The van der Waals surface area contributed by atoms with Crippen LogP contribution in [0.4, 0.5) is 10.3 Å². The molecule has 1 heterocycles. The number of imidazole rings is 1. The molecule has 0 saturated carbocycles. The number of aromatic nitrogens is 2. The molecule has 0 atom stereocenters. The summed E-state index contributed by atoms with van der Waals surface area (Å²) < 4.78 is 31.3. The fraction of sp³-hybridized carbons (Fsp3) is 0.227. The number of ether oxygens (including phenoxy) is 3. The van der Waals surface area contributed by atoms with E-state index in [1.165, 1.54) is 12.1 Å². The molecule has 0 unspecified atom stereocenters. The number of nitrogens with one attached hydrogen (secondary N) is 1. The summed E-state index contributed by atoms with van der Waals surface area (Å²) in [6.45, 7) is 0.483. The number of nitrogens with zero attached hydrogens (tertiary/aromatic N) is 2. The standard InChI is InChI=1S/C20H22FN3O3.C2H2O4/c1-24-16(13-5-8-15(21)9-6-13)12-23-20(24)22-11-14-7-10-17(25-2)19(27-4)18(14)26-3;3-1(4)2(5)6/h5-10,12H,11H2,1-4H3,(H,22,23);(H,3,4)(H,5,6). The first kappa shape index (κ1) is 25.0. The third-order valence-electron chi connectivity index (χ3n) is 4.53. The van der Waals surface area contributed by atoms with Gasteiger partial charge in [-0.05, 0) is 36.4 Å². The molecule has 0 aliphatic rings. The van der Waals surface area contributed by atoms with Crippen LogP contribution in [-0.4, -0.2) is 53.0 Å². The van der Waals surface area contributed by atoms with Crippen molar-refractivity contribution in [1.29, 1.82) is 0 Å². The van der Waals surface area contributed by atoms with Crippen LogP contribution in [0.15, 0.2) is 42.6 Å². The van der Waals surface area contributed by atoms with Crippen LogP contribution >= 0.6 is 0 Å². The minimum Gasteiger partial charge on any atom is -0.493 e. The SMILES string of the molecule is COc1ccc(CNc2ncc(-c3ccc(F)cc3)n2C)c(OC)c1OC.O=C(O)C(=O)O. The maximum absolute atomic E-state index is 13.1. The number of hydrogen-bond donors (Lipinski definition) is 3. The highest BCUT2D eigenvalue weighted by atomic mass is 19.1. The van der Waals surface area contributed by atoms with E-state index in [0.29, 0.717) is 29.7 Å². The monoisotopic (exact) mass is 461 g/mol. The molecule has 0 amide bonds. The molecule has 0 radical (unpaired) electrons. The van der Waals surface area contributed by atoms with Crippen LogP contribution in [0.2, 0.25) is 0 Å². The number of carboxylic acid groups (broad SMARTS) is 2. The fourth-order valence-corrected chi connectivity index (χ4v) is 2.94. The van der Waals surface area contributed by atoms with Crippen LogP contribution in [-0.2, 0) is 23.2 Å². The third-order valence-corrected chi connectivity index (χ3v) is 4.53.